The van der Waals surface area contributed by atoms with Gasteiger partial charge >= 0.3 is 0 Å². The van der Waals surface area contributed by atoms with Crippen LogP contribution in [0, 0.1) is 0 Å². The van der Waals surface area contributed by atoms with E-state index in [4.69, 9.17) is 2.74 Å². The van der Waals surface area contributed by atoms with Gasteiger partial charge in [-0.1, -0.05) is 70.2 Å². The van der Waals surface area contributed by atoms with Gasteiger partial charge in [0.2, 0.25) is 0 Å². The predicted molar refractivity (Wildman–Crippen MR) is 128 cm³/mol. The van der Waals surface area contributed by atoms with Crippen molar-refractivity contribution in [3.63, 3.8) is 0 Å². The van der Waals surface area contributed by atoms with Crippen LogP contribution in [0.25, 0.3) is 33.2 Å². The molecule has 3 aromatic carbocycles. The van der Waals surface area contributed by atoms with Crippen LogP contribution in [0.2, 0.25) is 0 Å². The average Bonchev–Trinajstić information content (AvgIpc) is 3.23. The minimum Gasteiger partial charge on any atom is -0.316 e. The van der Waals surface area contributed by atoms with Gasteiger partial charge in [-0.25, -0.2) is 0 Å². The molecule has 0 radical (unpaired) electrons. The fourth-order valence-electron chi connectivity index (χ4n) is 4.33. The maximum absolute atomic E-state index is 8.97. The van der Waals surface area contributed by atoms with E-state index in [9.17, 15) is 0 Å². The maximum Gasteiger partial charge on any atom is 0.0825 e. The van der Waals surface area contributed by atoms with E-state index < -0.39 is 0 Å². The van der Waals surface area contributed by atoms with Gasteiger partial charge in [0.15, 0.2) is 0 Å². The monoisotopic (exact) mass is 394 g/mol. The molecule has 0 atom stereocenters. The molecule has 5 aromatic rings. The molecule has 0 amide bonds. The lowest BCUT2D eigenvalue weighted by Crippen LogP contribution is -1.97. The molecular formula is C28H28N2. The van der Waals surface area contributed by atoms with Crippen molar-refractivity contribution in [1.82, 2.24) is 9.13 Å². The standard InChI is InChI=1S/C28H28N2/c1-19(2)25-17-29(27-14-7-5-12-23(25)27)21-10-9-11-22(16-21)30-18-26(20(3)4)24-13-6-8-15-28(24)30/h5-20H,1-4H3/i17D,18D. The molecule has 0 aliphatic rings. The summed E-state index contributed by atoms with van der Waals surface area (Å²) >= 11 is 0. The quantitative estimate of drug-likeness (QED) is 0.294. The fourth-order valence-corrected chi connectivity index (χ4v) is 4.33. The fraction of sp³-hybridized carbons (Fsp3) is 0.214. The summed E-state index contributed by atoms with van der Waals surface area (Å²) in [6, 6.07) is 24.8. The van der Waals surface area contributed by atoms with Crippen LogP contribution in [-0.2, 0) is 0 Å². The third kappa shape index (κ3) is 2.95. The molecule has 30 heavy (non-hydrogen) atoms. The summed E-state index contributed by atoms with van der Waals surface area (Å²) in [6.45, 7) is 8.58. The summed E-state index contributed by atoms with van der Waals surface area (Å²) in [7, 11) is 0. The van der Waals surface area contributed by atoms with Crippen molar-refractivity contribution < 1.29 is 2.74 Å². The Bertz CT molecular complexity index is 1350. The van der Waals surface area contributed by atoms with Gasteiger partial charge in [0.25, 0.3) is 0 Å². The van der Waals surface area contributed by atoms with Gasteiger partial charge in [0, 0.05) is 34.5 Å². The number of hydrogen-bond acceptors (Lipinski definition) is 0. The second-order valence-corrected chi connectivity index (χ2v) is 8.59. The zero-order valence-electron chi connectivity index (χ0n) is 20.0. The predicted octanol–water partition coefficient (Wildman–Crippen LogP) is 7.82. The number of fused-ring (bicyclic) bond motifs is 2. The summed E-state index contributed by atoms with van der Waals surface area (Å²) in [6.07, 6.45) is 1.06. The Morgan fingerprint density at radius 2 is 1.03 bits per heavy atom. The Hall–Kier alpha value is -3.26. The van der Waals surface area contributed by atoms with Gasteiger partial charge in [-0.3, -0.25) is 0 Å². The molecule has 5 rings (SSSR count). The first-order valence-corrected chi connectivity index (χ1v) is 10.7. The van der Waals surface area contributed by atoms with Crippen LogP contribution in [0.5, 0.6) is 0 Å². The van der Waals surface area contributed by atoms with Crippen molar-refractivity contribution in [2.45, 2.75) is 39.5 Å². The lowest BCUT2D eigenvalue weighted by molar-refractivity contribution is 0.868. The zero-order chi connectivity index (χ0) is 22.6. The topological polar surface area (TPSA) is 9.86 Å². The van der Waals surface area contributed by atoms with Crippen LogP contribution in [0.1, 0.15) is 53.4 Å². The third-order valence-electron chi connectivity index (χ3n) is 5.84. The number of nitrogens with zero attached hydrogens (tertiary/aromatic N) is 2. The number of para-hydroxylation sites is 2. The molecule has 150 valence electrons. The third-order valence-corrected chi connectivity index (χ3v) is 5.84. The highest BCUT2D eigenvalue weighted by Gasteiger charge is 2.14. The van der Waals surface area contributed by atoms with Gasteiger partial charge in [-0.15, -0.1) is 0 Å². The number of benzene rings is 3. The van der Waals surface area contributed by atoms with Crippen molar-refractivity contribution in [2.24, 2.45) is 0 Å². The molecule has 2 nitrogen and oxygen atoms in total. The first-order valence-electron chi connectivity index (χ1n) is 11.7. The molecule has 2 aromatic heterocycles. The highest BCUT2D eigenvalue weighted by molar-refractivity contribution is 5.87. The van der Waals surface area contributed by atoms with E-state index in [1.807, 2.05) is 39.5 Å². The van der Waals surface area contributed by atoms with E-state index in [2.05, 4.69) is 70.2 Å². The van der Waals surface area contributed by atoms with Crippen LogP contribution < -0.4 is 0 Å². The van der Waals surface area contributed by atoms with Crippen molar-refractivity contribution in [2.75, 3.05) is 0 Å². The minimum atomic E-state index is 0.263. The van der Waals surface area contributed by atoms with E-state index in [1.54, 1.807) is 0 Å². The average molecular weight is 395 g/mol. The Kier molecular flexibility index (Phi) is 3.97. The highest BCUT2D eigenvalue weighted by atomic mass is 15.0. The van der Waals surface area contributed by atoms with Crippen molar-refractivity contribution in [1.29, 1.82) is 0 Å². The van der Waals surface area contributed by atoms with Gasteiger partial charge in [-0.2, -0.15) is 0 Å². The largest absolute Gasteiger partial charge is 0.316 e. The first kappa shape index (κ1) is 16.5. The molecule has 0 spiro atoms. The SMILES string of the molecule is [2H]c1c(C(C)C)c2ccccc2n1-c1cccc(-n2c([2H])c(C(C)C)c3ccccc32)c1. The van der Waals surface area contributed by atoms with E-state index in [0.29, 0.717) is 12.3 Å². The van der Waals surface area contributed by atoms with Gasteiger partial charge in [-0.05, 0) is 53.3 Å². The molecule has 0 saturated heterocycles. The van der Waals surface area contributed by atoms with Gasteiger partial charge in [0.05, 0.1) is 13.8 Å². The van der Waals surface area contributed by atoms with Crippen LogP contribution in [0.3, 0.4) is 0 Å². The molecule has 0 saturated carbocycles. The van der Waals surface area contributed by atoms with Crippen LogP contribution in [0.4, 0.5) is 0 Å². The van der Waals surface area contributed by atoms with Crippen molar-refractivity contribution in [3.05, 3.63) is 96.3 Å². The second kappa shape index (κ2) is 7.21. The summed E-state index contributed by atoms with van der Waals surface area (Å²) in [5.41, 5.74) is 6.12. The molecule has 0 unspecified atom stereocenters. The van der Waals surface area contributed by atoms with E-state index >= 15 is 0 Å². The lowest BCUT2D eigenvalue weighted by Gasteiger charge is -2.10. The summed E-state index contributed by atoms with van der Waals surface area (Å²) in [4.78, 5) is 0. The van der Waals surface area contributed by atoms with E-state index in [1.165, 1.54) is 0 Å². The molecule has 0 aliphatic carbocycles. The number of rotatable bonds is 4. The summed E-state index contributed by atoms with van der Waals surface area (Å²) < 4.78 is 22.0. The molecule has 0 bridgehead atoms. The molecule has 2 heterocycles. The summed E-state index contributed by atoms with van der Waals surface area (Å²) in [5, 5.41) is 2.26. The van der Waals surface area contributed by atoms with Crippen molar-refractivity contribution in [3.8, 4) is 11.4 Å². The second-order valence-electron chi connectivity index (χ2n) is 8.59. The van der Waals surface area contributed by atoms with Crippen LogP contribution in [-0.4, -0.2) is 9.13 Å². The highest BCUT2D eigenvalue weighted by Crippen LogP contribution is 2.32. The Morgan fingerprint density at radius 3 is 1.47 bits per heavy atom. The normalized spacial score (nSPS) is 12.9. The maximum atomic E-state index is 8.97. The molecule has 0 aliphatic heterocycles. The van der Waals surface area contributed by atoms with Crippen molar-refractivity contribution >= 4 is 21.8 Å². The molecule has 0 fully saturated rings. The zero-order valence-corrected chi connectivity index (χ0v) is 18.0. The molecular weight excluding hydrogens is 364 g/mol. The minimum absolute atomic E-state index is 0.263. The Morgan fingerprint density at radius 1 is 0.600 bits per heavy atom. The van der Waals surface area contributed by atoms with Gasteiger partial charge < -0.3 is 9.13 Å². The Balaban J connectivity index is 1.78. The number of aromatic nitrogens is 2. The van der Waals surface area contributed by atoms with E-state index in [0.717, 1.165) is 44.3 Å². The first-order chi connectivity index (χ1) is 15.4. The van der Waals surface area contributed by atoms with E-state index in [-0.39, 0.29) is 11.8 Å². The number of hydrogen-bond donors (Lipinski definition) is 0. The van der Waals surface area contributed by atoms with Gasteiger partial charge in [0.1, 0.15) is 0 Å². The summed E-state index contributed by atoms with van der Waals surface area (Å²) in [5.74, 6) is 0.525. The smallest absolute Gasteiger partial charge is 0.0825 e. The van der Waals surface area contributed by atoms with Crippen LogP contribution in [0.15, 0.2) is 85.1 Å². The van der Waals surface area contributed by atoms with Crippen LogP contribution >= 0.6 is 0 Å². The Labute approximate surface area is 181 Å². The molecule has 0 N–H and O–H groups in total. The molecule has 2 heteroatoms. The lowest BCUT2D eigenvalue weighted by atomic mass is 10.0.